The minimum absolute atomic E-state index is 0.0678. The number of aryl methyl sites for hydroxylation is 2. The van der Waals surface area contributed by atoms with Crippen molar-refractivity contribution in [3.8, 4) is 0 Å². The predicted octanol–water partition coefficient (Wildman–Crippen LogP) is 2.29. The van der Waals surface area contributed by atoms with Gasteiger partial charge in [-0.05, 0) is 44.7 Å². The molecule has 1 fully saturated rings. The molecule has 6 nitrogen and oxygen atoms in total. The largest absolute Gasteiger partial charge is 0.321 e. The van der Waals surface area contributed by atoms with Crippen LogP contribution in [-0.4, -0.2) is 35.6 Å². The fourth-order valence-corrected chi connectivity index (χ4v) is 5.40. The van der Waals surface area contributed by atoms with Crippen molar-refractivity contribution in [3.63, 3.8) is 0 Å². The van der Waals surface area contributed by atoms with E-state index in [4.69, 9.17) is 0 Å². The molecule has 1 aromatic heterocycles. The fourth-order valence-electron chi connectivity index (χ4n) is 3.71. The number of amides is 1. The van der Waals surface area contributed by atoms with Crippen LogP contribution in [0, 0.1) is 6.92 Å². The highest BCUT2D eigenvalue weighted by Crippen LogP contribution is 2.31. The van der Waals surface area contributed by atoms with Gasteiger partial charge in [-0.1, -0.05) is 17.7 Å². The SMILES string of the molecule is Cc1ccc(NC(=O)c2c3c(nn2C2CCS(=O)(=O)C2)CCC3)cc1. The monoisotopic (exact) mass is 359 g/mol. The molecule has 4 rings (SSSR count). The first-order valence-corrected chi connectivity index (χ1v) is 10.4. The Balaban J connectivity index is 1.68. The van der Waals surface area contributed by atoms with E-state index in [0.717, 1.165) is 41.8 Å². The molecule has 0 radical (unpaired) electrons. The molecule has 0 bridgehead atoms. The number of aromatic nitrogens is 2. The molecule has 1 aromatic carbocycles. The van der Waals surface area contributed by atoms with Crippen molar-refractivity contribution < 1.29 is 13.2 Å². The zero-order valence-corrected chi connectivity index (χ0v) is 15.0. The third kappa shape index (κ3) is 3.08. The molecule has 132 valence electrons. The van der Waals surface area contributed by atoms with Crippen LogP contribution < -0.4 is 5.32 Å². The fraction of sp³-hybridized carbons (Fsp3) is 0.444. The number of nitrogens with one attached hydrogen (secondary N) is 1. The topological polar surface area (TPSA) is 81.1 Å². The number of hydrogen-bond acceptors (Lipinski definition) is 4. The average Bonchev–Trinajstić information content (AvgIpc) is 3.22. The van der Waals surface area contributed by atoms with E-state index in [9.17, 15) is 13.2 Å². The number of anilines is 1. The van der Waals surface area contributed by atoms with E-state index in [1.165, 1.54) is 0 Å². The molecule has 1 unspecified atom stereocenters. The van der Waals surface area contributed by atoms with E-state index in [0.29, 0.717) is 12.1 Å². The number of sulfone groups is 1. The van der Waals surface area contributed by atoms with E-state index in [1.54, 1.807) is 4.68 Å². The Bertz CT molecular complexity index is 929. The maximum Gasteiger partial charge on any atom is 0.274 e. The van der Waals surface area contributed by atoms with Crippen molar-refractivity contribution >= 4 is 21.4 Å². The molecule has 1 aliphatic heterocycles. The normalized spacial score (nSPS) is 21.2. The first-order chi connectivity index (χ1) is 11.9. The zero-order valence-electron chi connectivity index (χ0n) is 14.2. The highest BCUT2D eigenvalue weighted by Gasteiger charge is 2.35. The average molecular weight is 359 g/mol. The smallest absolute Gasteiger partial charge is 0.274 e. The van der Waals surface area contributed by atoms with Crippen molar-refractivity contribution in [2.45, 2.75) is 38.6 Å². The van der Waals surface area contributed by atoms with Crippen LogP contribution in [0.3, 0.4) is 0 Å². The standard InChI is InChI=1S/C18H21N3O3S/c1-12-5-7-13(8-6-12)19-18(22)17-15-3-2-4-16(15)20-21(17)14-9-10-25(23,24)11-14/h5-8,14H,2-4,9-11H2,1H3,(H,19,22). The lowest BCUT2D eigenvalue weighted by Crippen LogP contribution is -2.23. The summed E-state index contributed by atoms with van der Waals surface area (Å²) in [7, 11) is -3.03. The molecule has 2 heterocycles. The summed E-state index contributed by atoms with van der Waals surface area (Å²) in [6, 6.07) is 7.39. The summed E-state index contributed by atoms with van der Waals surface area (Å²) in [5, 5.41) is 7.54. The lowest BCUT2D eigenvalue weighted by atomic mass is 10.1. The first-order valence-electron chi connectivity index (χ1n) is 8.62. The van der Waals surface area contributed by atoms with Gasteiger partial charge in [0.15, 0.2) is 9.84 Å². The molecule has 1 amide bonds. The van der Waals surface area contributed by atoms with E-state index in [2.05, 4.69) is 10.4 Å². The zero-order chi connectivity index (χ0) is 17.6. The van der Waals surface area contributed by atoms with Gasteiger partial charge in [0.2, 0.25) is 0 Å². The van der Waals surface area contributed by atoms with E-state index >= 15 is 0 Å². The summed E-state index contributed by atoms with van der Waals surface area (Å²) in [4.78, 5) is 12.9. The van der Waals surface area contributed by atoms with Gasteiger partial charge in [-0.3, -0.25) is 9.48 Å². The van der Waals surface area contributed by atoms with Crippen molar-refractivity contribution in [1.82, 2.24) is 9.78 Å². The second-order valence-corrected chi connectivity index (χ2v) is 9.18. The van der Waals surface area contributed by atoms with Gasteiger partial charge >= 0.3 is 0 Å². The molecule has 2 aromatic rings. The minimum Gasteiger partial charge on any atom is -0.321 e. The molecule has 0 saturated carbocycles. The van der Waals surface area contributed by atoms with Crippen molar-refractivity contribution in [2.75, 3.05) is 16.8 Å². The number of fused-ring (bicyclic) bond motifs is 1. The molecule has 1 atom stereocenters. The van der Waals surface area contributed by atoms with Gasteiger partial charge in [-0.25, -0.2) is 8.42 Å². The van der Waals surface area contributed by atoms with Crippen LogP contribution in [0.1, 0.15) is 46.2 Å². The third-order valence-corrected chi connectivity index (χ3v) is 6.76. The summed E-state index contributed by atoms with van der Waals surface area (Å²) in [5.74, 6) is 0.0309. The Morgan fingerprint density at radius 3 is 2.68 bits per heavy atom. The second kappa shape index (κ2) is 5.98. The Labute approximate surface area is 147 Å². The number of carbonyl (C=O) groups is 1. The Morgan fingerprint density at radius 1 is 1.24 bits per heavy atom. The van der Waals surface area contributed by atoms with Gasteiger partial charge in [0.25, 0.3) is 5.91 Å². The number of rotatable bonds is 3. The van der Waals surface area contributed by atoms with Gasteiger partial charge in [0.05, 0.1) is 23.2 Å². The quantitative estimate of drug-likeness (QED) is 0.912. The van der Waals surface area contributed by atoms with Crippen molar-refractivity contribution in [3.05, 3.63) is 46.8 Å². The summed E-state index contributed by atoms with van der Waals surface area (Å²) in [6.45, 7) is 1.99. The molecule has 25 heavy (non-hydrogen) atoms. The van der Waals surface area contributed by atoms with Crippen LogP contribution in [0.15, 0.2) is 24.3 Å². The van der Waals surface area contributed by atoms with Crippen molar-refractivity contribution in [2.24, 2.45) is 0 Å². The lowest BCUT2D eigenvalue weighted by Gasteiger charge is -2.14. The molecule has 7 heteroatoms. The van der Waals surface area contributed by atoms with Gasteiger partial charge in [-0.15, -0.1) is 0 Å². The van der Waals surface area contributed by atoms with Crippen LogP contribution in [0.2, 0.25) is 0 Å². The Kier molecular flexibility index (Phi) is 3.91. The number of hydrogen-bond donors (Lipinski definition) is 1. The molecule has 2 aliphatic rings. The maximum atomic E-state index is 12.9. The number of carbonyl (C=O) groups excluding carboxylic acids is 1. The van der Waals surface area contributed by atoms with Gasteiger partial charge in [0, 0.05) is 11.3 Å². The van der Waals surface area contributed by atoms with Gasteiger partial charge in [0.1, 0.15) is 5.69 Å². The third-order valence-electron chi connectivity index (χ3n) is 5.01. The van der Waals surface area contributed by atoms with Crippen molar-refractivity contribution in [1.29, 1.82) is 0 Å². The number of nitrogens with zero attached hydrogens (tertiary/aromatic N) is 2. The summed E-state index contributed by atoms with van der Waals surface area (Å²) < 4.78 is 25.4. The summed E-state index contributed by atoms with van der Waals surface area (Å²) >= 11 is 0. The van der Waals surface area contributed by atoms with Crippen LogP contribution in [-0.2, 0) is 22.7 Å². The van der Waals surface area contributed by atoms with E-state index in [-0.39, 0.29) is 23.5 Å². The van der Waals surface area contributed by atoms with Crippen LogP contribution in [0.25, 0.3) is 0 Å². The lowest BCUT2D eigenvalue weighted by molar-refractivity contribution is 0.101. The van der Waals surface area contributed by atoms with Crippen LogP contribution in [0.4, 0.5) is 5.69 Å². The molecule has 1 saturated heterocycles. The maximum absolute atomic E-state index is 12.9. The number of benzene rings is 1. The molecule has 1 N–H and O–H groups in total. The van der Waals surface area contributed by atoms with Gasteiger partial charge in [-0.2, -0.15) is 5.10 Å². The van der Waals surface area contributed by atoms with E-state index < -0.39 is 9.84 Å². The predicted molar refractivity (Wildman–Crippen MR) is 95.7 cm³/mol. The molecule has 0 spiro atoms. The first kappa shape index (κ1) is 16.3. The Morgan fingerprint density at radius 2 is 2.00 bits per heavy atom. The summed E-state index contributed by atoms with van der Waals surface area (Å²) in [6.07, 6.45) is 3.19. The second-order valence-electron chi connectivity index (χ2n) is 6.95. The summed E-state index contributed by atoms with van der Waals surface area (Å²) in [5.41, 5.74) is 4.32. The van der Waals surface area contributed by atoms with Gasteiger partial charge < -0.3 is 5.32 Å². The highest BCUT2D eigenvalue weighted by atomic mass is 32.2. The van der Waals surface area contributed by atoms with Crippen LogP contribution in [0.5, 0.6) is 0 Å². The van der Waals surface area contributed by atoms with Crippen LogP contribution >= 0.6 is 0 Å². The minimum atomic E-state index is -3.03. The molecular formula is C18H21N3O3S. The molecular weight excluding hydrogens is 338 g/mol. The molecule has 1 aliphatic carbocycles. The Hall–Kier alpha value is -2.15. The van der Waals surface area contributed by atoms with E-state index in [1.807, 2.05) is 31.2 Å². The highest BCUT2D eigenvalue weighted by molar-refractivity contribution is 7.91.